The molecule has 0 amide bonds. The number of hydrogen-bond donors (Lipinski definition) is 1. The molecular formula is C8H11N4+. The fraction of sp³-hybridized carbons (Fsp3) is 0.250. The lowest BCUT2D eigenvalue weighted by atomic mass is 10.3. The van der Waals surface area contributed by atoms with E-state index in [-0.39, 0.29) is 0 Å². The third-order valence-corrected chi connectivity index (χ3v) is 1.99. The van der Waals surface area contributed by atoms with Crippen molar-refractivity contribution in [2.45, 2.75) is 0 Å². The van der Waals surface area contributed by atoms with Gasteiger partial charge in [0.1, 0.15) is 11.5 Å². The van der Waals surface area contributed by atoms with Gasteiger partial charge in [0.05, 0.1) is 20.3 Å². The summed E-state index contributed by atoms with van der Waals surface area (Å²) in [6, 6.07) is 1.86. The van der Waals surface area contributed by atoms with Crippen molar-refractivity contribution >= 4 is 23.5 Å². The van der Waals surface area contributed by atoms with Crippen molar-refractivity contribution in [3.8, 4) is 0 Å². The van der Waals surface area contributed by atoms with E-state index in [1.807, 2.05) is 12.4 Å². The van der Waals surface area contributed by atoms with E-state index >= 15 is 0 Å². The minimum Gasteiger partial charge on any atom is -0.384 e. The Labute approximate surface area is 70.9 Å². The van der Waals surface area contributed by atoms with Crippen molar-refractivity contribution in [1.29, 1.82) is 0 Å². The molecule has 0 aliphatic carbocycles. The average molecular weight is 163 g/mol. The zero-order valence-electron chi connectivity index (χ0n) is 7.15. The van der Waals surface area contributed by atoms with Crippen LogP contribution in [0, 0.1) is 0 Å². The molecule has 0 spiro atoms. The lowest BCUT2D eigenvalue weighted by Crippen LogP contribution is -2.36. The molecule has 2 rings (SSSR count). The van der Waals surface area contributed by atoms with Crippen molar-refractivity contribution < 1.29 is 0 Å². The van der Waals surface area contributed by atoms with Gasteiger partial charge in [0.15, 0.2) is 12.0 Å². The van der Waals surface area contributed by atoms with Gasteiger partial charge >= 0.3 is 0 Å². The van der Waals surface area contributed by atoms with Gasteiger partial charge in [-0.15, -0.1) is 0 Å². The summed E-state index contributed by atoms with van der Waals surface area (Å²) in [7, 11) is 4.10. The molecule has 0 aromatic carbocycles. The highest BCUT2D eigenvalue weighted by Gasteiger charge is 2.27. The van der Waals surface area contributed by atoms with Crippen LogP contribution in [0.25, 0.3) is 0 Å². The second kappa shape index (κ2) is 2.04. The highest BCUT2D eigenvalue weighted by molar-refractivity contribution is 5.88. The summed E-state index contributed by atoms with van der Waals surface area (Å²) in [5.74, 6) is 0.547. The average Bonchev–Trinajstić information content (AvgIpc) is 2.28. The number of quaternary nitrogens is 1. The number of aliphatic imine (C=N–C) groups is 1. The Balaban J connectivity index is 2.63. The molecule has 0 radical (unpaired) electrons. The standard InChI is InChI=1S/C8H11N4/c1-12(2)5-11-6-4-10-8(9)3-7(6)12/h3-5H,1-2H3,(H2,9,10)/q+1. The molecular weight excluding hydrogens is 152 g/mol. The quantitative estimate of drug-likeness (QED) is 0.578. The Morgan fingerprint density at radius 2 is 2.17 bits per heavy atom. The molecule has 1 aromatic heterocycles. The molecule has 1 aliphatic heterocycles. The predicted octanol–water partition coefficient (Wildman–Crippen LogP) is 0.904. The number of hydrogen-bond acceptors (Lipinski definition) is 3. The predicted molar refractivity (Wildman–Crippen MR) is 50.4 cm³/mol. The van der Waals surface area contributed by atoms with Crippen LogP contribution in [0.1, 0.15) is 0 Å². The van der Waals surface area contributed by atoms with E-state index in [0.717, 1.165) is 11.4 Å². The number of anilines is 1. The maximum absolute atomic E-state index is 5.58. The molecule has 0 saturated carbocycles. The maximum atomic E-state index is 5.58. The van der Waals surface area contributed by atoms with Crippen LogP contribution in [-0.2, 0) is 0 Å². The monoisotopic (exact) mass is 163 g/mol. The van der Waals surface area contributed by atoms with Crippen LogP contribution in [0.15, 0.2) is 17.3 Å². The summed E-state index contributed by atoms with van der Waals surface area (Å²) in [6.45, 7) is 0. The molecule has 0 fully saturated rings. The third-order valence-electron chi connectivity index (χ3n) is 1.99. The fourth-order valence-corrected chi connectivity index (χ4v) is 1.28. The van der Waals surface area contributed by atoms with Gasteiger partial charge in [-0.2, -0.15) is 4.99 Å². The summed E-state index contributed by atoms with van der Waals surface area (Å²) in [6.07, 6.45) is 3.57. The zero-order valence-corrected chi connectivity index (χ0v) is 7.15. The molecule has 62 valence electrons. The summed E-state index contributed by atoms with van der Waals surface area (Å²) in [4.78, 5) is 8.19. The first-order valence-electron chi connectivity index (χ1n) is 3.74. The molecule has 1 aliphatic rings. The van der Waals surface area contributed by atoms with E-state index in [1.165, 1.54) is 0 Å². The van der Waals surface area contributed by atoms with Gasteiger partial charge in [-0.3, -0.25) is 4.48 Å². The van der Waals surface area contributed by atoms with Gasteiger partial charge in [-0.05, 0) is 0 Å². The second-order valence-electron chi connectivity index (χ2n) is 3.38. The van der Waals surface area contributed by atoms with E-state index in [1.54, 1.807) is 6.20 Å². The highest BCUT2D eigenvalue weighted by atomic mass is 15.4. The minimum atomic E-state index is 0.547. The first kappa shape index (κ1) is 7.24. The lowest BCUT2D eigenvalue weighted by molar-refractivity contribution is 0.625. The second-order valence-corrected chi connectivity index (χ2v) is 3.38. The van der Waals surface area contributed by atoms with Crippen LogP contribution in [0.4, 0.5) is 17.2 Å². The molecule has 4 heteroatoms. The van der Waals surface area contributed by atoms with Gasteiger partial charge in [0.25, 0.3) is 0 Å². The van der Waals surface area contributed by atoms with Crippen LogP contribution in [0.2, 0.25) is 0 Å². The van der Waals surface area contributed by atoms with E-state index in [9.17, 15) is 0 Å². The number of pyridine rings is 1. The molecule has 0 bridgehead atoms. The first-order chi connectivity index (χ1) is 5.59. The SMILES string of the molecule is C[N+]1(C)C=Nc2cnc(N)cc21. The van der Waals surface area contributed by atoms with Crippen molar-refractivity contribution in [1.82, 2.24) is 9.47 Å². The summed E-state index contributed by atoms with van der Waals surface area (Å²) in [5, 5.41) is 0. The van der Waals surface area contributed by atoms with Crippen LogP contribution < -0.4 is 10.2 Å². The Morgan fingerprint density at radius 3 is 2.92 bits per heavy atom. The highest BCUT2D eigenvalue weighted by Crippen LogP contribution is 2.35. The van der Waals surface area contributed by atoms with E-state index in [4.69, 9.17) is 5.73 Å². The van der Waals surface area contributed by atoms with E-state index in [2.05, 4.69) is 24.1 Å². The zero-order chi connectivity index (χ0) is 8.77. The first-order valence-corrected chi connectivity index (χ1v) is 3.74. The summed E-state index contributed by atoms with van der Waals surface area (Å²) in [5.41, 5.74) is 7.59. The van der Waals surface area contributed by atoms with Gasteiger partial charge < -0.3 is 5.73 Å². The van der Waals surface area contributed by atoms with Crippen LogP contribution in [0.3, 0.4) is 0 Å². The minimum absolute atomic E-state index is 0.547. The van der Waals surface area contributed by atoms with E-state index < -0.39 is 0 Å². The van der Waals surface area contributed by atoms with Crippen LogP contribution in [0.5, 0.6) is 0 Å². The van der Waals surface area contributed by atoms with Gasteiger partial charge in [0, 0.05) is 6.07 Å². The Hall–Kier alpha value is -1.42. The smallest absolute Gasteiger partial charge is 0.195 e. The Kier molecular flexibility index (Phi) is 1.23. The molecule has 4 nitrogen and oxygen atoms in total. The van der Waals surface area contributed by atoms with Gasteiger partial charge in [0.2, 0.25) is 0 Å². The number of aromatic nitrogens is 1. The third kappa shape index (κ3) is 0.887. The molecule has 12 heavy (non-hydrogen) atoms. The van der Waals surface area contributed by atoms with Crippen molar-refractivity contribution in [2.24, 2.45) is 4.99 Å². The Bertz CT molecular complexity index is 354. The van der Waals surface area contributed by atoms with Gasteiger partial charge in [-0.1, -0.05) is 0 Å². The van der Waals surface area contributed by atoms with Crippen LogP contribution in [-0.4, -0.2) is 25.4 Å². The van der Waals surface area contributed by atoms with Crippen molar-refractivity contribution in [3.05, 3.63) is 12.3 Å². The number of nitrogens with zero attached hydrogens (tertiary/aromatic N) is 3. The molecule has 2 N–H and O–H groups in total. The largest absolute Gasteiger partial charge is 0.384 e. The summed E-state index contributed by atoms with van der Waals surface area (Å²) < 4.78 is 0.641. The number of nitrogens with two attached hydrogens (primary N) is 1. The number of nitrogen functional groups attached to an aromatic ring is 1. The lowest BCUT2D eigenvalue weighted by Gasteiger charge is -2.18. The van der Waals surface area contributed by atoms with E-state index in [0.29, 0.717) is 10.3 Å². The maximum Gasteiger partial charge on any atom is 0.195 e. The van der Waals surface area contributed by atoms with Gasteiger partial charge in [-0.25, -0.2) is 4.98 Å². The number of rotatable bonds is 0. The summed E-state index contributed by atoms with van der Waals surface area (Å²) >= 11 is 0. The molecule has 2 heterocycles. The van der Waals surface area contributed by atoms with Crippen molar-refractivity contribution in [2.75, 3.05) is 19.8 Å². The normalized spacial score (nSPS) is 17.8. The molecule has 1 aromatic rings. The molecule has 0 unspecified atom stereocenters. The molecule has 0 atom stereocenters. The molecule has 0 saturated heterocycles. The van der Waals surface area contributed by atoms with Crippen molar-refractivity contribution in [3.63, 3.8) is 0 Å². The number of fused-ring (bicyclic) bond motifs is 1. The fourth-order valence-electron chi connectivity index (χ4n) is 1.28. The van der Waals surface area contributed by atoms with Crippen LogP contribution >= 0.6 is 0 Å². The Morgan fingerprint density at radius 1 is 1.42 bits per heavy atom. The topological polar surface area (TPSA) is 51.3 Å².